The summed E-state index contributed by atoms with van der Waals surface area (Å²) < 4.78 is 10.8. The Bertz CT molecular complexity index is 537. The minimum atomic E-state index is -1.12. The molecule has 1 aromatic carbocycles. The van der Waals surface area contributed by atoms with Crippen LogP contribution in [-0.4, -0.2) is 42.8 Å². The third kappa shape index (κ3) is 2.86. The number of nitrogens with zero attached hydrogens (tertiary/aromatic N) is 1. The van der Waals surface area contributed by atoms with Crippen LogP contribution in [0.2, 0.25) is 0 Å². The van der Waals surface area contributed by atoms with E-state index in [2.05, 4.69) is 0 Å². The standard InChI is InChI=1S/C17H23NO4/c1-16(2,3)14-18(12-19)17(11-22-14,15(20)21-4)10-13-8-6-5-7-9-13/h5-9,12,14H,10-11H2,1-4H3/t14-,17-/m0/s1. The highest BCUT2D eigenvalue weighted by molar-refractivity contribution is 5.84. The van der Waals surface area contributed by atoms with Crippen molar-refractivity contribution in [3.63, 3.8) is 0 Å². The first kappa shape index (κ1) is 16.5. The minimum Gasteiger partial charge on any atom is -0.467 e. The summed E-state index contributed by atoms with van der Waals surface area (Å²) in [6.07, 6.45) is 0.599. The lowest BCUT2D eigenvalue weighted by molar-refractivity contribution is -0.158. The average Bonchev–Trinajstić information content (AvgIpc) is 2.87. The Labute approximate surface area is 131 Å². The number of amides is 1. The molecule has 0 aliphatic carbocycles. The fourth-order valence-electron chi connectivity index (χ4n) is 2.92. The topological polar surface area (TPSA) is 55.8 Å². The number of benzene rings is 1. The maximum atomic E-state index is 12.5. The number of hydrogen-bond acceptors (Lipinski definition) is 4. The molecule has 0 aromatic heterocycles. The van der Waals surface area contributed by atoms with Crippen LogP contribution in [0.3, 0.4) is 0 Å². The molecule has 1 saturated heterocycles. The summed E-state index contributed by atoms with van der Waals surface area (Å²) in [5, 5.41) is 0. The van der Waals surface area contributed by atoms with Gasteiger partial charge in [-0.3, -0.25) is 9.69 Å². The Morgan fingerprint density at radius 3 is 2.55 bits per heavy atom. The second-order valence-corrected chi connectivity index (χ2v) is 6.73. The summed E-state index contributed by atoms with van der Waals surface area (Å²) in [7, 11) is 1.34. The molecule has 0 radical (unpaired) electrons. The van der Waals surface area contributed by atoms with Crippen LogP contribution in [-0.2, 0) is 25.5 Å². The first-order chi connectivity index (χ1) is 10.3. The molecule has 2 atom stereocenters. The molecule has 0 spiro atoms. The lowest BCUT2D eigenvalue weighted by atomic mass is 9.87. The molecule has 1 aliphatic heterocycles. The SMILES string of the molecule is COC(=O)[C@]1(Cc2ccccc2)CO[C@@H](C(C)(C)C)N1C=O. The van der Waals surface area contributed by atoms with Crippen molar-refractivity contribution in [1.29, 1.82) is 0 Å². The molecule has 120 valence electrons. The monoisotopic (exact) mass is 305 g/mol. The maximum absolute atomic E-state index is 12.5. The van der Waals surface area contributed by atoms with E-state index < -0.39 is 17.7 Å². The summed E-state index contributed by atoms with van der Waals surface area (Å²) in [6.45, 7) is 6.06. The molecular formula is C17H23NO4. The van der Waals surface area contributed by atoms with Gasteiger partial charge in [0.15, 0.2) is 5.54 Å². The molecule has 22 heavy (non-hydrogen) atoms. The molecular weight excluding hydrogens is 282 g/mol. The number of esters is 1. The largest absolute Gasteiger partial charge is 0.467 e. The average molecular weight is 305 g/mol. The molecule has 0 unspecified atom stereocenters. The predicted octanol–water partition coefficient (Wildman–Crippen LogP) is 2.00. The number of hydrogen-bond donors (Lipinski definition) is 0. The summed E-state index contributed by atoms with van der Waals surface area (Å²) in [6, 6.07) is 9.58. The third-order valence-electron chi connectivity index (χ3n) is 3.99. The van der Waals surface area contributed by atoms with Gasteiger partial charge in [-0.1, -0.05) is 51.1 Å². The number of rotatable bonds is 4. The highest BCUT2D eigenvalue weighted by Gasteiger charge is 2.56. The fraction of sp³-hybridized carbons (Fsp3) is 0.529. The van der Waals surface area contributed by atoms with Crippen molar-refractivity contribution in [3.05, 3.63) is 35.9 Å². The third-order valence-corrected chi connectivity index (χ3v) is 3.99. The van der Waals surface area contributed by atoms with E-state index in [0.717, 1.165) is 5.56 Å². The van der Waals surface area contributed by atoms with E-state index in [1.54, 1.807) is 0 Å². The molecule has 1 aliphatic rings. The molecule has 1 fully saturated rings. The second kappa shape index (κ2) is 6.08. The lowest BCUT2D eigenvalue weighted by Gasteiger charge is -2.38. The smallest absolute Gasteiger partial charge is 0.334 e. The van der Waals surface area contributed by atoms with Crippen molar-refractivity contribution in [3.8, 4) is 0 Å². The van der Waals surface area contributed by atoms with Gasteiger partial charge in [0.05, 0.1) is 13.7 Å². The molecule has 5 heteroatoms. The molecule has 1 amide bonds. The summed E-state index contributed by atoms with van der Waals surface area (Å²) in [4.78, 5) is 25.7. The minimum absolute atomic E-state index is 0.134. The van der Waals surface area contributed by atoms with Crippen LogP contribution in [0, 0.1) is 5.41 Å². The first-order valence-electron chi connectivity index (χ1n) is 7.33. The highest BCUT2D eigenvalue weighted by atomic mass is 16.5. The van der Waals surface area contributed by atoms with Crippen LogP contribution in [0.15, 0.2) is 30.3 Å². The van der Waals surface area contributed by atoms with Gasteiger partial charge in [0.25, 0.3) is 0 Å². The zero-order valence-corrected chi connectivity index (χ0v) is 13.5. The van der Waals surface area contributed by atoms with Crippen LogP contribution in [0.1, 0.15) is 26.3 Å². The molecule has 0 saturated carbocycles. The van der Waals surface area contributed by atoms with Crippen LogP contribution < -0.4 is 0 Å². The van der Waals surface area contributed by atoms with E-state index >= 15 is 0 Å². The van der Waals surface area contributed by atoms with Gasteiger partial charge in [0, 0.05) is 11.8 Å². The van der Waals surface area contributed by atoms with Gasteiger partial charge in [0.1, 0.15) is 6.23 Å². The predicted molar refractivity (Wildman–Crippen MR) is 82.0 cm³/mol. The number of methoxy groups -OCH3 is 1. The van der Waals surface area contributed by atoms with Gasteiger partial charge in [-0.25, -0.2) is 4.79 Å². The van der Waals surface area contributed by atoms with E-state index in [1.807, 2.05) is 51.1 Å². The Balaban J connectivity index is 2.42. The highest BCUT2D eigenvalue weighted by Crippen LogP contribution is 2.38. The molecule has 1 aromatic rings. The van der Waals surface area contributed by atoms with E-state index in [-0.39, 0.29) is 12.0 Å². The Morgan fingerprint density at radius 2 is 2.05 bits per heavy atom. The van der Waals surface area contributed by atoms with Gasteiger partial charge in [-0.15, -0.1) is 0 Å². The summed E-state index contributed by atoms with van der Waals surface area (Å²) in [5.41, 5.74) is -0.457. The second-order valence-electron chi connectivity index (χ2n) is 6.73. The van der Waals surface area contributed by atoms with E-state index in [9.17, 15) is 9.59 Å². The van der Waals surface area contributed by atoms with Crippen LogP contribution in [0.5, 0.6) is 0 Å². The van der Waals surface area contributed by atoms with Crippen molar-refractivity contribution in [2.75, 3.05) is 13.7 Å². The zero-order valence-electron chi connectivity index (χ0n) is 13.5. The maximum Gasteiger partial charge on any atom is 0.334 e. The molecule has 2 rings (SSSR count). The first-order valence-corrected chi connectivity index (χ1v) is 7.33. The van der Waals surface area contributed by atoms with Crippen LogP contribution in [0.4, 0.5) is 0 Å². The van der Waals surface area contributed by atoms with Crippen LogP contribution >= 0.6 is 0 Å². The Morgan fingerprint density at radius 1 is 1.41 bits per heavy atom. The van der Waals surface area contributed by atoms with E-state index in [0.29, 0.717) is 12.8 Å². The summed E-state index contributed by atoms with van der Waals surface area (Å²) >= 11 is 0. The van der Waals surface area contributed by atoms with E-state index in [1.165, 1.54) is 12.0 Å². The van der Waals surface area contributed by atoms with Gasteiger partial charge < -0.3 is 9.47 Å². The van der Waals surface area contributed by atoms with E-state index in [4.69, 9.17) is 9.47 Å². The number of carbonyl (C=O) groups excluding carboxylic acids is 2. The molecule has 1 heterocycles. The van der Waals surface area contributed by atoms with Gasteiger partial charge in [-0.05, 0) is 5.56 Å². The Hall–Kier alpha value is -1.88. The quantitative estimate of drug-likeness (QED) is 0.631. The fourth-order valence-corrected chi connectivity index (χ4v) is 2.92. The van der Waals surface area contributed by atoms with Crippen molar-refractivity contribution in [2.45, 2.75) is 39.0 Å². The van der Waals surface area contributed by atoms with Gasteiger partial charge in [-0.2, -0.15) is 0 Å². The van der Waals surface area contributed by atoms with Crippen molar-refractivity contribution < 1.29 is 19.1 Å². The Kier molecular flexibility index (Phi) is 4.56. The van der Waals surface area contributed by atoms with Crippen molar-refractivity contribution in [1.82, 2.24) is 4.90 Å². The molecule has 0 N–H and O–H groups in total. The van der Waals surface area contributed by atoms with Crippen molar-refractivity contribution in [2.24, 2.45) is 5.41 Å². The lowest BCUT2D eigenvalue weighted by Crippen LogP contribution is -2.58. The summed E-state index contributed by atoms with van der Waals surface area (Å²) in [5.74, 6) is -0.449. The molecule has 0 bridgehead atoms. The van der Waals surface area contributed by atoms with Crippen molar-refractivity contribution >= 4 is 12.4 Å². The van der Waals surface area contributed by atoms with Crippen LogP contribution in [0.25, 0.3) is 0 Å². The van der Waals surface area contributed by atoms with Gasteiger partial charge in [0.2, 0.25) is 6.41 Å². The number of carbonyl (C=O) groups is 2. The normalized spacial score (nSPS) is 25.1. The zero-order chi connectivity index (χ0) is 16.4. The van der Waals surface area contributed by atoms with Gasteiger partial charge >= 0.3 is 5.97 Å². The molecule has 5 nitrogen and oxygen atoms in total. The number of ether oxygens (including phenoxy) is 2.